The molecule has 0 unspecified atom stereocenters. The van der Waals surface area contributed by atoms with Crippen molar-refractivity contribution in [1.82, 2.24) is 0 Å². The van der Waals surface area contributed by atoms with Gasteiger partial charge in [-0.1, -0.05) is 15.9 Å². The van der Waals surface area contributed by atoms with Gasteiger partial charge in [-0.3, -0.25) is 4.79 Å². The van der Waals surface area contributed by atoms with Crippen molar-refractivity contribution < 1.29 is 21.8 Å². The molecule has 0 spiro atoms. The Hall–Kier alpha value is -2.45. The Morgan fingerprint density at radius 3 is 2.56 bits per heavy atom. The quantitative estimate of drug-likeness (QED) is 0.362. The summed E-state index contributed by atoms with van der Waals surface area (Å²) in [7, 11) is -4.17. The van der Waals surface area contributed by atoms with Crippen molar-refractivity contribution in [1.29, 1.82) is 0 Å². The number of halogens is 1. The molecule has 0 aliphatic carbocycles. The van der Waals surface area contributed by atoms with Crippen LogP contribution in [0.3, 0.4) is 0 Å². The smallest absolute Gasteiger partial charge is 0.339 e. The summed E-state index contributed by atoms with van der Waals surface area (Å²) in [5.74, 6) is -0.387. The third kappa shape index (κ3) is 3.64. The first-order valence-electron chi connectivity index (χ1n) is 7.05. The van der Waals surface area contributed by atoms with Crippen molar-refractivity contribution >= 4 is 42.8 Å². The van der Waals surface area contributed by atoms with Gasteiger partial charge in [-0.25, -0.2) is 4.79 Å². The average molecular weight is 423 g/mol. The van der Waals surface area contributed by atoms with E-state index in [2.05, 4.69) is 15.9 Å². The van der Waals surface area contributed by atoms with Crippen LogP contribution in [0.5, 0.6) is 5.75 Å². The molecule has 0 saturated heterocycles. The Bertz CT molecular complexity index is 1150. The summed E-state index contributed by atoms with van der Waals surface area (Å²) in [5, 5.41) is 0.437. The fourth-order valence-electron chi connectivity index (χ4n) is 2.22. The maximum Gasteiger partial charge on any atom is 0.339 e. The molecule has 8 heteroatoms. The van der Waals surface area contributed by atoms with Crippen LogP contribution in [0.2, 0.25) is 0 Å². The molecule has 0 fully saturated rings. The van der Waals surface area contributed by atoms with E-state index in [9.17, 15) is 18.0 Å². The number of hydrogen-bond donors (Lipinski definition) is 0. The highest BCUT2D eigenvalue weighted by Gasteiger charge is 2.21. The van der Waals surface area contributed by atoms with Crippen molar-refractivity contribution in [2.24, 2.45) is 0 Å². The number of hydrogen-bond acceptors (Lipinski definition) is 6. The molecule has 0 N–H and O–H groups in total. The predicted molar refractivity (Wildman–Crippen MR) is 94.4 cm³/mol. The van der Waals surface area contributed by atoms with Crippen molar-refractivity contribution in [2.75, 3.05) is 0 Å². The first kappa shape index (κ1) is 17.4. The molecule has 0 atom stereocenters. The number of rotatable bonds is 4. The molecule has 128 valence electrons. The zero-order valence-corrected chi connectivity index (χ0v) is 15.3. The highest BCUT2D eigenvalue weighted by Crippen LogP contribution is 2.27. The molecule has 25 heavy (non-hydrogen) atoms. The number of ketones is 1. The van der Waals surface area contributed by atoms with Crippen LogP contribution in [-0.4, -0.2) is 14.2 Å². The van der Waals surface area contributed by atoms with Crippen LogP contribution >= 0.6 is 15.9 Å². The van der Waals surface area contributed by atoms with E-state index in [0.717, 1.165) is 0 Å². The van der Waals surface area contributed by atoms with Crippen LogP contribution in [0.4, 0.5) is 0 Å². The van der Waals surface area contributed by atoms with E-state index in [4.69, 9.17) is 8.60 Å². The Balaban J connectivity index is 2.04. The van der Waals surface area contributed by atoms with E-state index < -0.39 is 15.7 Å². The maximum atomic E-state index is 12.5. The van der Waals surface area contributed by atoms with Gasteiger partial charge in [-0.05, 0) is 49.4 Å². The minimum atomic E-state index is -4.17. The van der Waals surface area contributed by atoms with Crippen molar-refractivity contribution in [2.45, 2.75) is 11.8 Å². The van der Waals surface area contributed by atoms with Gasteiger partial charge in [0.1, 0.15) is 10.5 Å². The number of benzene rings is 2. The minimum Gasteiger partial charge on any atom is -0.423 e. The molecule has 3 rings (SSSR count). The Morgan fingerprint density at radius 1 is 1.08 bits per heavy atom. The third-order valence-corrected chi connectivity index (χ3v) is 5.12. The van der Waals surface area contributed by atoms with Gasteiger partial charge in [0.25, 0.3) is 0 Å². The van der Waals surface area contributed by atoms with Crippen molar-refractivity contribution in [3.8, 4) is 5.75 Å². The lowest BCUT2D eigenvalue weighted by Crippen LogP contribution is -2.12. The van der Waals surface area contributed by atoms with Gasteiger partial charge in [-0.2, -0.15) is 8.42 Å². The van der Waals surface area contributed by atoms with E-state index in [0.29, 0.717) is 9.86 Å². The fraction of sp³-hybridized carbons (Fsp3) is 0.0588. The van der Waals surface area contributed by atoms with Crippen LogP contribution in [-0.2, 0) is 10.1 Å². The Kier molecular flexibility index (Phi) is 4.49. The first-order valence-corrected chi connectivity index (χ1v) is 9.25. The maximum absolute atomic E-state index is 12.5. The molecule has 0 amide bonds. The summed E-state index contributed by atoms with van der Waals surface area (Å²) in [5.41, 5.74) is -0.121. The molecule has 3 aromatic rings. The second-order valence-corrected chi connectivity index (χ2v) is 7.65. The predicted octanol–water partition coefficient (Wildman–Crippen LogP) is 3.53. The first-order chi connectivity index (χ1) is 11.8. The molecule has 2 aromatic carbocycles. The van der Waals surface area contributed by atoms with Gasteiger partial charge >= 0.3 is 15.7 Å². The fourth-order valence-corrected chi connectivity index (χ4v) is 3.57. The lowest BCUT2D eigenvalue weighted by molar-refractivity contribution is 0.101. The molecule has 6 nitrogen and oxygen atoms in total. The zero-order chi connectivity index (χ0) is 18.2. The third-order valence-electron chi connectivity index (χ3n) is 3.40. The monoisotopic (exact) mass is 422 g/mol. The van der Waals surface area contributed by atoms with Gasteiger partial charge in [0, 0.05) is 15.9 Å². The van der Waals surface area contributed by atoms with Crippen LogP contribution in [0.25, 0.3) is 11.0 Å². The van der Waals surface area contributed by atoms with Gasteiger partial charge in [0.15, 0.2) is 11.5 Å². The van der Waals surface area contributed by atoms with E-state index in [1.165, 1.54) is 49.4 Å². The molecule has 0 radical (unpaired) electrons. The number of fused-ring (bicyclic) bond motifs is 1. The summed E-state index contributed by atoms with van der Waals surface area (Å²) in [6.07, 6.45) is 0. The van der Waals surface area contributed by atoms with E-state index in [1.807, 2.05) is 0 Å². The Labute approximate surface area is 151 Å². The number of carbonyl (C=O) groups excluding carboxylic acids is 1. The van der Waals surface area contributed by atoms with Gasteiger partial charge in [0.05, 0.1) is 5.56 Å². The molecule has 0 bridgehead atoms. The molecular formula is C17H11BrO6S. The van der Waals surface area contributed by atoms with Crippen molar-refractivity contribution in [3.05, 3.63) is 69.0 Å². The van der Waals surface area contributed by atoms with Crippen LogP contribution in [0.1, 0.15) is 17.3 Å². The standard InChI is InChI=1S/C17H11BrO6S/c1-10(19)14-9-12(18)3-5-16(14)24-25(21,22)13-4-6-15-11(8-13)2-7-17(20)23-15/h2-9H,1H3. The second kappa shape index (κ2) is 6.45. The Morgan fingerprint density at radius 2 is 1.84 bits per heavy atom. The van der Waals surface area contributed by atoms with Crippen LogP contribution in [0, 0.1) is 0 Å². The largest absolute Gasteiger partial charge is 0.423 e. The van der Waals surface area contributed by atoms with Gasteiger partial charge < -0.3 is 8.60 Å². The normalized spacial score (nSPS) is 11.4. The van der Waals surface area contributed by atoms with Gasteiger partial charge in [-0.15, -0.1) is 0 Å². The number of Topliss-reactive ketones (excluding diaryl/α,β-unsaturated/α-hetero) is 1. The van der Waals surface area contributed by atoms with Crippen molar-refractivity contribution in [3.63, 3.8) is 0 Å². The topological polar surface area (TPSA) is 90.7 Å². The zero-order valence-electron chi connectivity index (χ0n) is 12.9. The van der Waals surface area contributed by atoms with E-state index in [-0.39, 0.29) is 27.6 Å². The van der Waals surface area contributed by atoms with Gasteiger partial charge in [0.2, 0.25) is 0 Å². The highest BCUT2D eigenvalue weighted by molar-refractivity contribution is 9.10. The summed E-state index contributed by atoms with van der Waals surface area (Å²) >= 11 is 3.23. The van der Waals surface area contributed by atoms with Crippen LogP contribution < -0.4 is 9.81 Å². The molecule has 0 aliphatic rings. The lowest BCUT2D eigenvalue weighted by Gasteiger charge is -2.10. The van der Waals surface area contributed by atoms with Crippen LogP contribution in [0.15, 0.2) is 67.1 Å². The summed E-state index contributed by atoms with van der Waals surface area (Å²) < 4.78 is 35.8. The molecule has 1 aromatic heterocycles. The van der Waals surface area contributed by atoms with E-state index in [1.54, 1.807) is 6.07 Å². The summed E-state index contributed by atoms with van der Waals surface area (Å²) in [6.45, 7) is 1.32. The summed E-state index contributed by atoms with van der Waals surface area (Å²) in [4.78, 5) is 22.8. The average Bonchev–Trinajstić information content (AvgIpc) is 2.55. The number of carbonyl (C=O) groups is 1. The SMILES string of the molecule is CC(=O)c1cc(Br)ccc1OS(=O)(=O)c1ccc2oc(=O)ccc2c1. The molecular weight excluding hydrogens is 412 g/mol. The summed E-state index contributed by atoms with van der Waals surface area (Å²) in [6, 6.07) is 11.1. The minimum absolute atomic E-state index is 0.0598. The highest BCUT2D eigenvalue weighted by atomic mass is 79.9. The second-order valence-electron chi connectivity index (χ2n) is 5.19. The molecule has 0 aliphatic heterocycles. The van der Waals surface area contributed by atoms with E-state index >= 15 is 0 Å². The lowest BCUT2D eigenvalue weighted by atomic mass is 10.1. The molecule has 1 heterocycles. The molecule has 0 saturated carbocycles.